The van der Waals surface area contributed by atoms with Crippen molar-refractivity contribution in [2.24, 2.45) is 5.73 Å². The van der Waals surface area contributed by atoms with E-state index in [0.717, 1.165) is 6.42 Å². The third kappa shape index (κ3) is 2.53. The van der Waals surface area contributed by atoms with E-state index in [0.29, 0.717) is 17.1 Å². The van der Waals surface area contributed by atoms with Gasteiger partial charge in [-0.05, 0) is 30.7 Å². The molecule has 5 heteroatoms. The first-order chi connectivity index (χ1) is 8.52. The van der Waals surface area contributed by atoms with Crippen LogP contribution in [-0.2, 0) is 0 Å². The molecule has 1 heterocycles. The monoisotopic (exact) mass is 287 g/mol. The van der Waals surface area contributed by atoms with Gasteiger partial charge >= 0.3 is 0 Å². The molecule has 1 aromatic heterocycles. The van der Waals surface area contributed by atoms with Gasteiger partial charge in [-0.3, -0.25) is 0 Å². The van der Waals surface area contributed by atoms with Crippen LogP contribution < -0.4 is 5.73 Å². The molecule has 2 rings (SSSR count). The predicted octanol–water partition coefficient (Wildman–Crippen LogP) is 4.80. The first kappa shape index (κ1) is 13.4. The van der Waals surface area contributed by atoms with Crippen LogP contribution in [0.1, 0.15) is 25.1 Å². The summed E-state index contributed by atoms with van der Waals surface area (Å²) >= 11 is 11.5. The van der Waals surface area contributed by atoms with E-state index < -0.39 is 5.82 Å². The van der Waals surface area contributed by atoms with Gasteiger partial charge in [0.05, 0.1) is 16.1 Å². The summed E-state index contributed by atoms with van der Waals surface area (Å²) in [6, 6.07) is 6.37. The maximum Gasteiger partial charge on any atom is 0.160 e. The molecule has 96 valence electrons. The Morgan fingerprint density at radius 3 is 2.44 bits per heavy atom. The molecule has 0 aliphatic heterocycles. The summed E-state index contributed by atoms with van der Waals surface area (Å²) in [6.45, 7) is 1.97. The third-order valence-electron chi connectivity index (χ3n) is 2.70. The summed E-state index contributed by atoms with van der Waals surface area (Å²) in [6.07, 6.45) is 0.776. The molecule has 0 fully saturated rings. The highest BCUT2D eigenvalue weighted by molar-refractivity contribution is 6.35. The summed E-state index contributed by atoms with van der Waals surface area (Å²) < 4.78 is 18.9. The number of benzene rings is 1. The van der Waals surface area contributed by atoms with Crippen molar-refractivity contribution in [3.63, 3.8) is 0 Å². The van der Waals surface area contributed by atoms with Crippen LogP contribution >= 0.6 is 23.2 Å². The topological polar surface area (TPSA) is 39.2 Å². The Labute approximate surface area is 114 Å². The van der Waals surface area contributed by atoms with Gasteiger partial charge in [0.15, 0.2) is 5.82 Å². The summed E-state index contributed by atoms with van der Waals surface area (Å²) in [7, 11) is 0. The fourth-order valence-electron chi connectivity index (χ4n) is 1.61. The molecule has 0 amide bonds. The zero-order chi connectivity index (χ0) is 13.3. The minimum atomic E-state index is -0.626. The van der Waals surface area contributed by atoms with Crippen LogP contribution in [-0.4, -0.2) is 0 Å². The molecule has 0 aliphatic rings. The second-order valence-corrected chi connectivity index (χ2v) is 4.79. The van der Waals surface area contributed by atoms with Crippen molar-refractivity contribution in [2.75, 3.05) is 0 Å². The minimum absolute atomic E-state index is 0.0322. The molecule has 1 atom stereocenters. The second kappa shape index (κ2) is 5.31. The van der Waals surface area contributed by atoms with E-state index in [1.165, 1.54) is 12.1 Å². The quantitative estimate of drug-likeness (QED) is 0.824. The Balaban J connectivity index is 2.40. The number of halogens is 3. The van der Waals surface area contributed by atoms with E-state index in [2.05, 4.69) is 0 Å². The molecule has 0 saturated heterocycles. The van der Waals surface area contributed by atoms with Gasteiger partial charge < -0.3 is 10.2 Å². The molecule has 2 N–H and O–H groups in total. The normalized spacial score (nSPS) is 12.7. The van der Waals surface area contributed by atoms with Crippen molar-refractivity contribution in [3.8, 4) is 11.3 Å². The molecule has 2 nitrogen and oxygen atoms in total. The first-order valence-electron chi connectivity index (χ1n) is 5.53. The third-order valence-corrected chi connectivity index (χ3v) is 3.25. The highest BCUT2D eigenvalue weighted by Crippen LogP contribution is 2.32. The Kier molecular flexibility index (Phi) is 3.95. The standard InChI is InChI=1S/C13H12Cl2FNO/c1-2-10(17)12-4-3-11(18-12)7-5-8(14)13(16)9(15)6-7/h3-6,10H,2,17H2,1H3. The lowest BCUT2D eigenvalue weighted by atomic mass is 10.1. The summed E-state index contributed by atoms with van der Waals surface area (Å²) in [5.74, 6) is 0.626. The molecule has 0 aliphatic carbocycles. The van der Waals surface area contributed by atoms with Gasteiger partial charge in [-0.25, -0.2) is 4.39 Å². The van der Waals surface area contributed by atoms with E-state index in [9.17, 15) is 4.39 Å². The van der Waals surface area contributed by atoms with Crippen molar-refractivity contribution in [2.45, 2.75) is 19.4 Å². The Bertz CT molecular complexity index is 545. The van der Waals surface area contributed by atoms with Crippen molar-refractivity contribution in [1.82, 2.24) is 0 Å². The molecule has 0 bridgehead atoms. The fraction of sp³-hybridized carbons (Fsp3) is 0.231. The van der Waals surface area contributed by atoms with Crippen LogP contribution in [0, 0.1) is 5.82 Å². The summed E-state index contributed by atoms with van der Waals surface area (Å²) in [4.78, 5) is 0. The maximum atomic E-state index is 13.3. The average molecular weight is 288 g/mol. The molecule has 0 saturated carbocycles. The Hall–Kier alpha value is -1.03. The largest absolute Gasteiger partial charge is 0.459 e. The SMILES string of the molecule is CCC(N)c1ccc(-c2cc(Cl)c(F)c(Cl)c2)o1. The van der Waals surface area contributed by atoms with Gasteiger partial charge in [0, 0.05) is 5.56 Å². The summed E-state index contributed by atoms with van der Waals surface area (Å²) in [5.41, 5.74) is 6.49. The molecule has 2 aromatic rings. The van der Waals surface area contributed by atoms with Crippen LogP contribution in [0.4, 0.5) is 4.39 Å². The van der Waals surface area contributed by atoms with Crippen molar-refractivity contribution >= 4 is 23.2 Å². The predicted molar refractivity (Wildman–Crippen MR) is 71.3 cm³/mol. The van der Waals surface area contributed by atoms with Crippen LogP contribution in [0.15, 0.2) is 28.7 Å². The Morgan fingerprint density at radius 1 is 1.28 bits per heavy atom. The van der Waals surface area contributed by atoms with E-state index >= 15 is 0 Å². The van der Waals surface area contributed by atoms with Gasteiger partial charge in [-0.15, -0.1) is 0 Å². The molecule has 1 unspecified atom stereocenters. The lowest BCUT2D eigenvalue weighted by Gasteiger charge is -2.05. The fourth-order valence-corrected chi connectivity index (χ4v) is 2.09. The molecular formula is C13H12Cl2FNO. The van der Waals surface area contributed by atoms with E-state index in [1.54, 1.807) is 12.1 Å². The minimum Gasteiger partial charge on any atom is -0.459 e. The first-order valence-corrected chi connectivity index (χ1v) is 6.28. The summed E-state index contributed by atoms with van der Waals surface area (Å²) in [5, 5.41) is -0.0644. The van der Waals surface area contributed by atoms with E-state index in [-0.39, 0.29) is 16.1 Å². The molecule has 18 heavy (non-hydrogen) atoms. The number of rotatable bonds is 3. The van der Waals surface area contributed by atoms with Gasteiger partial charge in [0.2, 0.25) is 0 Å². The molecular weight excluding hydrogens is 276 g/mol. The van der Waals surface area contributed by atoms with E-state index in [4.69, 9.17) is 33.4 Å². The molecule has 1 aromatic carbocycles. The van der Waals surface area contributed by atoms with Crippen molar-refractivity contribution in [3.05, 3.63) is 45.9 Å². The maximum absolute atomic E-state index is 13.3. The van der Waals surface area contributed by atoms with E-state index in [1.807, 2.05) is 6.92 Å². The smallest absolute Gasteiger partial charge is 0.160 e. The lowest BCUT2D eigenvalue weighted by molar-refractivity contribution is 0.470. The molecule has 0 spiro atoms. The zero-order valence-electron chi connectivity index (χ0n) is 9.71. The van der Waals surface area contributed by atoms with Gasteiger partial charge in [0.1, 0.15) is 11.5 Å². The van der Waals surface area contributed by atoms with Crippen molar-refractivity contribution < 1.29 is 8.81 Å². The number of hydrogen-bond acceptors (Lipinski definition) is 2. The lowest BCUT2D eigenvalue weighted by Crippen LogP contribution is -2.06. The van der Waals surface area contributed by atoms with Gasteiger partial charge in [-0.1, -0.05) is 30.1 Å². The highest BCUT2D eigenvalue weighted by atomic mass is 35.5. The number of furan rings is 1. The van der Waals surface area contributed by atoms with Gasteiger partial charge in [0.25, 0.3) is 0 Å². The van der Waals surface area contributed by atoms with Crippen LogP contribution in [0.25, 0.3) is 11.3 Å². The number of nitrogens with two attached hydrogens (primary N) is 1. The highest BCUT2D eigenvalue weighted by Gasteiger charge is 2.13. The van der Waals surface area contributed by atoms with Gasteiger partial charge in [-0.2, -0.15) is 0 Å². The van der Waals surface area contributed by atoms with Crippen LogP contribution in [0.2, 0.25) is 10.0 Å². The zero-order valence-corrected chi connectivity index (χ0v) is 11.2. The second-order valence-electron chi connectivity index (χ2n) is 3.97. The van der Waals surface area contributed by atoms with Crippen LogP contribution in [0.3, 0.4) is 0 Å². The molecule has 0 radical (unpaired) electrons. The van der Waals surface area contributed by atoms with Crippen molar-refractivity contribution in [1.29, 1.82) is 0 Å². The number of hydrogen-bond donors (Lipinski definition) is 1. The average Bonchev–Trinajstić information content (AvgIpc) is 2.84. The van der Waals surface area contributed by atoms with Crippen LogP contribution in [0.5, 0.6) is 0 Å². The Morgan fingerprint density at radius 2 is 1.89 bits per heavy atom.